The van der Waals surface area contributed by atoms with Crippen molar-refractivity contribution in [2.75, 3.05) is 19.5 Å². The van der Waals surface area contributed by atoms with E-state index in [1.807, 2.05) is 97.4 Å². The van der Waals surface area contributed by atoms with Gasteiger partial charge < -0.3 is 9.47 Å². The average molecular weight is 661 g/mol. The number of ether oxygens (including phenoxy) is 2. The summed E-state index contributed by atoms with van der Waals surface area (Å²) in [5, 5.41) is 4.93. The first-order valence-corrected chi connectivity index (χ1v) is 16.9. The van der Waals surface area contributed by atoms with Crippen molar-refractivity contribution in [3.8, 4) is 22.7 Å². The number of rotatable bonds is 11. The third-order valence-electron chi connectivity index (χ3n) is 7.55. The van der Waals surface area contributed by atoms with E-state index in [1.165, 1.54) is 17.4 Å². The number of thiazole rings is 1. The molecule has 1 atom stereocenters. The van der Waals surface area contributed by atoms with E-state index in [4.69, 9.17) is 19.6 Å². The quantitative estimate of drug-likeness (QED) is 0.0967. The van der Waals surface area contributed by atoms with Crippen molar-refractivity contribution in [2.45, 2.75) is 17.9 Å². The normalized spacial score (nSPS) is 14.3. The second-order valence-electron chi connectivity index (χ2n) is 10.6. The fourth-order valence-corrected chi connectivity index (χ4v) is 6.78. The summed E-state index contributed by atoms with van der Waals surface area (Å²) in [6.07, 6.45) is 8.96. The molecule has 1 aliphatic heterocycles. The van der Waals surface area contributed by atoms with E-state index >= 15 is 0 Å². The molecule has 5 aromatic rings. The SMILES string of the molecule is C=CCOC(=O)C1=C(C)N=c2sc(=Cc3cn(-c4ccccc4)nc3-c3ccc(OCC=C)cc3)c(=O)n2C1c1ccc(SC)cc1. The highest BCUT2D eigenvalue weighted by Crippen LogP contribution is 2.32. The van der Waals surface area contributed by atoms with Gasteiger partial charge in [-0.25, -0.2) is 14.5 Å². The fraction of sp³-hybridized carbons (Fsp3) is 0.135. The van der Waals surface area contributed by atoms with Crippen LogP contribution in [0.3, 0.4) is 0 Å². The minimum Gasteiger partial charge on any atom is -0.490 e. The molecule has 0 fully saturated rings. The van der Waals surface area contributed by atoms with Crippen LogP contribution in [0.25, 0.3) is 23.0 Å². The predicted octanol–water partition coefficient (Wildman–Crippen LogP) is 6.10. The molecule has 3 heterocycles. The van der Waals surface area contributed by atoms with Crippen molar-refractivity contribution in [1.82, 2.24) is 14.3 Å². The van der Waals surface area contributed by atoms with Gasteiger partial charge in [0, 0.05) is 22.2 Å². The zero-order chi connectivity index (χ0) is 32.9. The molecular weight excluding hydrogens is 629 g/mol. The largest absolute Gasteiger partial charge is 0.490 e. The smallest absolute Gasteiger partial charge is 0.338 e. The van der Waals surface area contributed by atoms with Crippen LogP contribution in [0, 0.1) is 0 Å². The molecule has 0 saturated heterocycles. The minimum absolute atomic E-state index is 0.0493. The van der Waals surface area contributed by atoms with E-state index in [0.29, 0.717) is 38.7 Å². The number of nitrogens with zero attached hydrogens (tertiary/aromatic N) is 4. The van der Waals surface area contributed by atoms with Gasteiger partial charge in [0.15, 0.2) is 4.80 Å². The number of hydrogen-bond donors (Lipinski definition) is 0. The zero-order valence-electron chi connectivity index (χ0n) is 26.0. The third-order valence-corrected chi connectivity index (χ3v) is 9.28. The summed E-state index contributed by atoms with van der Waals surface area (Å²) in [6.45, 7) is 9.60. The highest BCUT2D eigenvalue weighted by Gasteiger charge is 2.33. The second kappa shape index (κ2) is 14.1. The van der Waals surface area contributed by atoms with E-state index in [0.717, 1.165) is 27.3 Å². The maximum atomic E-state index is 14.3. The van der Waals surface area contributed by atoms with Crippen LogP contribution < -0.4 is 19.6 Å². The molecule has 0 saturated carbocycles. The number of hydrogen-bond acceptors (Lipinski definition) is 8. The van der Waals surface area contributed by atoms with E-state index in [1.54, 1.807) is 34.0 Å². The van der Waals surface area contributed by atoms with Crippen molar-refractivity contribution in [2.24, 2.45) is 4.99 Å². The summed E-state index contributed by atoms with van der Waals surface area (Å²) in [5.41, 5.74) is 4.53. The predicted molar refractivity (Wildman–Crippen MR) is 188 cm³/mol. The lowest BCUT2D eigenvalue weighted by Gasteiger charge is -2.24. The van der Waals surface area contributed by atoms with Gasteiger partial charge in [0.1, 0.15) is 24.7 Å². The number of thioether (sulfide) groups is 1. The van der Waals surface area contributed by atoms with Crippen LogP contribution in [0.1, 0.15) is 24.1 Å². The van der Waals surface area contributed by atoms with Gasteiger partial charge in [-0.3, -0.25) is 9.36 Å². The Morgan fingerprint density at radius 3 is 2.40 bits per heavy atom. The summed E-state index contributed by atoms with van der Waals surface area (Å²) in [4.78, 5) is 34.0. The minimum atomic E-state index is -0.712. The number of carbonyl (C=O) groups is 1. The van der Waals surface area contributed by atoms with Crippen molar-refractivity contribution in [3.63, 3.8) is 0 Å². The maximum Gasteiger partial charge on any atom is 0.338 e. The molecule has 3 aromatic carbocycles. The summed E-state index contributed by atoms with van der Waals surface area (Å²) in [5.74, 6) is 0.181. The van der Waals surface area contributed by atoms with E-state index in [2.05, 4.69) is 13.2 Å². The summed E-state index contributed by atoms with van der Waals surface area (Å²) in [6, 6.07) is 24.6. The van der Waals surface area contributed by atoms with E-state index in [9.17, 15) is 9.59 Å². The van der Waals surface area contributed by atoms with Crippen molar-refractivity contribution < 1.29 is 14.3 Å². The molecule has 2 aromatic heterocycles. The van der Waals surface area contributed by atoms with E-state index < -0.39 is 12.0 Å². The van der Waals surface area contributed by atoms with Crippen molar-refractivity contribution in [3.05, 3.63) is 152 Å². The fourth-order valence-electron chi connectivity index (χ4n) is 5.33. The lowest BCUT2D eigenvalue weighted by Crippen LogP contribution is -2.39. The summed E-state index contributed by atoms with van der Waals surface area (Å²) in [7, 11) is 0. The Balaban J connectivity index is 1.51. The van der Waals surface area contributed by atoms with Crippen LogP contribution in [-0.4, -0.2) is 39.8 Å². The Hall–Kier alpha value is -5.19. The Bertz CT molecular complexity index is 2160. The number of fused-ring (bicyclic) bond motifs is 1. The van der Waals surface area contributed by atoms with Gasteiger partial charge in [-0.1, -0.05) is 67.0 Å². The van der Waals surface area contributed by atoms with Crippen LogP contribution >= 0.6 is 23.1 Å². The average Bonchev–Trinajstić information content (AvgIpc) is 3.66. The van der Waals surface area contributed by atoms with Crippen LogP contribution in [-0.2, 0) is 9.53 Å². The van der Waals surface area contributed by atoms with Crippen LogP contribution in [0.15, 0.2) is 136 Å². The molecule has 0 bridgehead atoms. The molecule has 47 heavy (non-hydrogen) atoms. The van der Waals surface area contributed by atoms with Gasteiger partial charge in [-0.15, -0.1) is 11.8 Å². The van der Waals surface area contributed by atoms with Gasteiger partial charge in [0.2, 0.25) is 0 Å². The van der Waals surface area contributed by atoms with Crippen LogP contribution in [0.4, 0.5) is 0 Å². The Kier molecular flexibility index (Phi) is 9.51. The molecule has 1 aliphatic rings. The molecule has 0 aliphatic carbocycles. The van der Waals surface area contributed by atoms with E-state index in [-0.39, 0.29) is 12.2 Å². The van der Waals surface area contributed by atoms with Gasteiger partial charge in [0.25, 0.3) is 5.56 Å². The molecule has 1 unspecified atom stereocenters. The molecule has 6 rings (SSSR count). The molecule has 0 radical (unpaired) electrons. The second-order valence-corrected chi connectivity index (χ2v) is 12.5. The first-order valence-electron chi connectivity index (χ1n) is 14.9. The third kappa shape index (κ3) is 6.56. The number of para-hydroxylation sites is 1. The van der Waals surface area contributed by atoms with Gasteiger partial charge in [-0.2, -0.15) is 5.10 Å². The number of esters is 1. The van der Waals surface area contributed by atoms with Crippen LogP contribution in [0.2, 0.25) is 0 Å². The lowest BCUT2D eigenvalue weighted by molar-refractivity contribution is -0.138. The summed E-state index contributed by atoms with van der Waals surface area (Å²) < 4.78 is 15.0. The number of carbonyl (C=O) groups excluding carboxylic acids is 1. The van der Waals surface area contributed by atoms with Crippen molar-refractivity contribution in [1.29, 1.82) is 0 Å². The summed E-state index contributed by atoms with van der Waals surface area (Å²) >= 11 is 2.89. The molecule has 0 N–H and O–H groups in total. The van der Waals surface area contributed by atoms with Crippen molar-refractivity contribution >= 4 is 35.1 Å². The molecule has 236 valence electrons. The first-order chi connectivity index (χ1) is 22.9. The van der Waals surface area contributed by atoms with Gasteiger partial charge in [0.05, 0.1) is 27.5 Å². The maximum absolute atomic E-state index is 14.3. The lowest BCUT2D eigenvalue weighted by atomic mass is 9.96. The standard InChI is InChI=1S/C37H32N4O4S2/c1-5-20-44-29-16-12-25(13-17-29)33-27(23-40(39-33)28-10-8-7-9-11-28)22-31-35(42)41-34(26-14-18-30(46-4)19-15-26)32(36(43)45-21-6-2)24(3)38-37(41)47-31/h5-19,22-23,34H,1-2,20-21H2,3-4H3. The molecule has 10 heteroatoms. The van der Waals surface area contributed by atoms with Gasteiger partial charge >= 0.3 is 5.97 Å². The first kappa shape index (κ1) is 31.8. The number of allylic oxidation sites excluding steroid dienone is 1. The van der Waals surface area contributed by atoms with Gasteiger partial charge in [-0.05, 0) is 73.3 Å². The monoisotopic (exact) mass is 660 g/mol. The molecule has 0 amide bonds. The highest BCUT2D eigenvalue weighted by atomic mass is 32.2. The van der Waals surface area contributed by atoms with Crippen LogP contribution in [0.5, 0.6) is 5.75 Å². The Labute approximate surface area is 280 Å². The molecular formula is C37H32N4O4S2. The molecule has 0 spiro atoms. The highest BCUT2D eigenvalue weighted by molar-refractivity contribution is 7.98. The zero-order valence-corrected chi connectivity index (χ0v) is 27.6. The number of aromatic nitrogens is 3. The Morgan fingerprint density at radius 1 is 1.00 bits per heavy atom. The topological polar surface area (TPSA) is 87.7 Å². The number of benzene rings is 3. The Morgan fingerprint density at radius 2 is 1.72 bits per heavy atom. The molecule has 8 nitrogen and oxygen atoms in total.